The van der Waals surface area contributed by atoms with Gasteiger partial charge in [-0.05, 0) is 55.9 Å². The van der Waals surface area contributed by atoms with E-state index in [1.807, 2.05) is 23.9 Å². The van der Waals surface area contributed by atoms with Crippen molar-refractivity contribution in [1.29, 1.82) is 0 Å². The summed E-state index contributed by atoms with van der Waals surface area (Å²) in [4.78, 5) is 4.57. The van der Waals surface area contributed by atoms with Crippen molar-refractivity contribution in [3.05, 3.63) is 29.8 Å². The minimum atomic E-state index is 0.321. The molecule has 0 amide bonds. The van der Waals surface area contributed by atoms with Crippen LogP contribution in [-0.4, -0.2) is 42.7 Å². The minimum absolute atomic E-state index is 0.321. The van der Waals surface area contributed by atoms with Crippen LogP contribution in [0.1, 0.15) is 25.3 Å². The van der Waals surface area contributed by atoms with Crippen LogP contribution in [0, 0.1) is 0 Å². The molecule has 0 aliphatic rings. The van der Waals surface area contributed by atoms with Crippen molar-refractivity contribution in [2.45, 2.75) is 26.2 Å². The third-order valence-corrected chi connectivity index (χ3v) is 3.68. The lowest BCUT2D eigenvalue weighted by atomic mass is 10.1. The van der Waals surface area contributed by atoms with Crippen molar-refractivity contribution in [2.75, 3.05) is 31.6 Å². The van der Waals surface area contributed by atoms with E-state index in [0.29, 0.717) is 5.75 Å². The number of aliphatic imine (C=N–C) groups is 1. The number of benzene rings is 1. The lowest BCUT2D eigenvalue weighted by molar-refractivity contribution is 0.474. The zero-order valence-electron chi connectivity index (χ0n) is 13.1. The number of nitrogens with zero attached hydrogens (tertiary/aromatic N) is 1. The molecular weight excluding hydrogens is 282 g/mol. The summed E-state index contributed by atoms with van der Waals surface area (Å²) >= 11 is 1.88. The lowest BCUT2D eigenvalue weighted by Crippen LogP contribution is -2.38. The predicted octanol–water partition coefficient (Wildman–Crippen LogP) is 2.63. The molecule has 0 fully saturated rings. The van der Waals surface area contributed by atoms with E-state index in [2.05, 4.69) is 28.8 Å². The maximum Gasteiger partial charge on any atom is 0.191 e. The van der Waals surface area contributed by atoms with Gasteiger partial charge in [-0.25, -0.2) is 0 Å². The van der Waals surface area contributed by atoms with Gasteiger partial charge in [0.15, 0.2) is 5.96 Å². The number of hydrogen-bond donors (Lipinski definition) is 3. The van der Waals surface area contributed by atoms with Crippen LogP contribution in [0.3, 0.4) is 0 Å². The summed E-state index contributed by atoms with van der Waals surface area (Å²) in [6, 6.07) is 7.38. The van der Waals surface area contributed by atoms with Crippen LogP contribution in [0.2, 0.25) is 0 Å². The molecule has 1 aromatic rings. The monoisotopic (exact) mass is 309 g/mol. The van der Waals surface area contributed by atoms with Crippen molar-refractivity contribution >= 4 is 17.7 Å². The molecule has 1 aromatic carbocycles. The summed E-state index contributed by atoms with van der Waals surface area (Å²) in [6.07, 6.45) is 5.35. The van der Waals surface area contributed by atoms with Crippen LogP contribution in [0.25, 0.3) is 0 Å². The average Bonchev–Trinajstić information content (AvgIpc) is 2.47. The van der Waals surface area contributed by atoms with Gasteiger partial charge in [0.05, 0.1) is 0 Å². The van der Waals surface area contributed by atoms with Gasteiger partial charge in [-0.1, -0.05) is 12.1 Å². The summed E-state index contributed by atoms with van der Waals surface area (Å²) in [5, 5.41) is 16.0. The van der Waals surface area contributed by atoms with Crippen molar-refractivity contribution in [1.82, 2.24) is 10.6 Å². The Morgan fingerprint density at radius 3 is 2.86 bits per heavy atom. The van der Waals surface area contributed by atoms with Gasteiger partial charge in [0.2, 0.25) is 0 Å². The van der Waals surface area contributed by atoms with E-state index >= 15 is 0 Å². The Balaban J connectivity index is 2.31. The number of nitrogens with one attached hydrogen (secondary N) is 2. The third-order valence-electron chi connectivity index (χ3n) is 2.99. The molecule has 4 nitrogen and oxygen atoms in total. The molecule has 0 aliphatic carbocycles. The van der Waals surface area contributed by atoms with Crippen LogP contribution >= 0.6 is 11.8 Å². The molecule has 118 valence electrons. The molecule has 0 aliphatic heterocycles. The van der Waals surface area contributed by atoms with E-state index in [0.717, 1.165) is 44.0 Å². The molecule has 0 spiro atoms. The normalized spacial score (nSPS) is 11.4. The molecule has 0 bridgehead atoms. The van der Waals surface area contributed by atoms with Crippen molar-refractivity contribution in [2.24, 2.45) is 4.99 Å². The first-order chi connectivity index (χ1) is 10.3. The highest BCUT2D eigenvalue weighted by molar-refractivity contribution is 7.98. The Kier molecular flexibility index (Phi) is 9.53. The Bertz CT molecular complexity index is 424. The number of aromatic hydroxyl groups is 1. The smallest absolute Gasteiger partial charge is 0.191 e. The molecule has 21 heavy (non-hydrogen) atoms. The van der Waals surface area contributed by atoms with Crippen LogP contribution in [0.4, 0.5) is 0 Å². The van der Waals surface area contributed by atoms with Crippen LogP contribution in [0.15, 0.2) is 29.3 Å². The van der Waals surface area contributed by atoms with Gasteiger partial charge < -0.3 is 15.7 Å². The average molecular weight is 309 g/mol. The molecule has 0 radical (unpaired) electrons. The van der Waals surface area contributed by atoms with Crippen molar-refractivity contribution < 1.29 is 5.11 Å². The zero-order valence-corrected chi connectivity index (χ0v) is 13.9. The zero-order chi connectivity index (χ0) is 15.3. The first-order valence-electron chi connectivity index (χ1n) is 7.55. The van der Waals surface area contributed by atoms with Crippen molar-refractivity contribution in [3.63, 3.8) is 0 Å². The van der Waals surface area contributed by atoms with Crippen LogP contribution < -0.4 is 10.6 Å². The van der Waals surface area contributed by atoms with E-state index < -0.39 is 0 Å². The fourth-order valence-electron chi connectivity index (χ4n) is 1.93. The van der Waals surface area contributed by atoms with Gasteiger partial charge >= 0.3 is 0 Å². The standard InChI is InChI=1S/C16H27N3OS/c1-3-17-16(18-10-4-5-12-21-2)19-11-9-14-7-6-8-15(20)13-14/h6-8,13,20H,3-5,9-12H2,1-2H3,(H2,17,18,19). The summed E-state index contributed by atoms with van der Waals surface area (Å²) in [6.45, 7) is 4.60. The highest BCUT2D eigenvalue weighted by Gasteiger charge is 1.98. The lowest BCUT2D eigenvalue weighted by Gasteiger charge is -2.11. The summed E-state index contributed by atoms with van der Waals surface area (Å²) in [5.74, 6) is 2.40. The molecule has 0 saturated carbocycles. The Labute approximate surface area is 132 Å². The second-order valence-corrected chi connectivity index (χ2v) is 5.79. The SMILES string of the molecule is CCNC(=NCCCCSC)NCCc1cccc(O)c1. The van der Waals surface area contributed by atoms with E-state index in [-0.39, 0.29) is 0 Å². The van der Waals surface area contributed by atoms with E-state index in [1.54, 1.807) is 12.1 Å². The molecule has 1 rings (SSSR count). The van der Waals surface area contributed by atoms with Crippen molar-refractivity contribution in [3.8, 4) is 5.75 Å². The summed E-state index contributed by atoms with van der Waals surface area (Å²) in [5.41, 5.74) is 1.12. The second-order valence-electron chi connectivity index (χ2n) is 4.81. The number of hydrogen-bond acceptors (Lipinski definition) is 3. The maximum absolute atomic E-state index is 9.43. The first-order valence-corrected chi connectivity index (χ1v) is 8.94. The Hall–Kier alpha value is -1.36. The van der Waals surface area contributed by atoms with Gasteiger partial charge in [-0.2, -0.15) is 11.8 Å². The van der Waals surface area contributed by atoms with Gasteiger partial charge in [0.1, 0.15) is 5.75 Å². The quantitative estimate of drug-likeness (QED) is 0.373. The molecule has 3 N–H and O–H groups in total. The highest BCUT2D eigenvalue weighted by Crippen LogP contribution is 2.10. The number of phenolic OH excluding ortho intramolecular Hbond substituents is 1. The topological polar surface area (TPSA) is 56.7 Å². The molecule has 0 heterocycles. The fraction of sp³-hybridized carbons (Fsp3) is 0.562. The van der Waals surface area contributed by atoms with Gasteiger partial charge in [0.25, 0.3) is 0 Å². The fourth-order valence-corrected chi connectivity index (χ4v) is 2.42. The number of rotatable bonds is 9. The largest absolute Gasteiger partial charge is 0.508 e. The summed E-state index contributed by atoms with van der Waals surface area (Å²) < 4.78 is 0. The van der Waals surface area contributed by atoms with Crippen LogP contribution in [0.5, 0.6) is 5.75 Å². The molecule has 0 aromatic heterocycles. The summed E-state index contributed by atoms with van der Waals surface area (Å²) in [7, 11) is 0. The van der Waals surface area contributed by atoms with Gasteiger partial charge in [-0.3, -0.25) is 4.99 Å². The maximum atomic E-state index is 9.43. The van der Waals surface area contributed by atoms with Gasteiger partial charge in [-0.15, -0.1) is 0 Å². The van der Waals surface area contributed by atoms with Crippen LogP contribution in [-0.2, 0) is 6.42 Å². The number of thioether (sulfide) groups is 1. The van der Waals surface area contributed by atoms with E-state index in [9.17, 15) is 5.11 Å². The Morgan fingerprint density at radius 2 is 2.14 bits per heavy atom. The predicted molar refractivity (Wildman–Crippen MR) is 93.4 cm³/mol. The molecular formula is C16H27N3OS. The third kappa shape index (κ3) is 8.50. The van der Waals surface area contributed by atoms with E-state index in [4.69, 9.17) is 0 Å². The first kappa shape index (κ1) is 17.7. The second kappa shape index (κ2) is 11.3. The molecule has 0 atom stereocenters. The van der Waals surface area contributed by atoms with E-state index in [1.165, 1.54) is 12.2 Å². The highest BCUT2D eigenvalue weighted by atomic mass is 32.2. The van der Waals surface area contributed by atoms with Gasteiger partial charge in [0, 0.05) is 19.6 Å². The molecule has 5 heteroatoms. The number of phenols is 1. The number of guanidine groups is 1. The molecule has 0 unspecified atom stereocenters. The minimum Gasteiger partial charge on any atom is -0.508 e. The molecule has 0 saturated heterocycles. The number of unbranched alkanes of at least 4 members (excludes halogenated alkanes) is 1. The Morgan fingerprint density at radius 1 is 1.29 bits per heavy atom.